The van der Waals surface area contributed by atoms with Gasteiger partial charge in [0.05, 0.1) is 4.92 Å². The first-order chi connectivity index (χ1) is 16.1. The molecule has 0 aliphatic heterocycles. The van der Waals surface area contributed by atoms with Gasteiger partial charge in [-0.25, -0.2) is 0 Å². The summed E-state index contributed by atoms with van der Waals surface area (Å²) in [6.45, 7) is 0. The molecule has 34 heavy (non-hydrogen) atoms. The lowest BCUT2D eigenvalue weighted by molar-refractivity contribution is -0.384. The van der Waals surface area contributed by atoms with E-state index in [9.17, 15) is 28.6 Å². The maximum Gasteiger partial charge on any atom is 0.339 e. The third-order valence-corrected chi connectivity index (χ3v) is 5.92. The van der Waals surface area contributed by atoms with Gasteiger partial charge >= 0.3 is 10.1 Å². The maximum atomic E-state index is 12.4. The Morgan fingerprint density at radius 2 is 1.62 bits per heavy atom. The van der Waals surface area contributed by atoms with Crippen LogP contribution in [-0.4, -0.2) is 19.2 Å². The topological polar surface area (TPSA) is 139 Å². The standard InChI is InChI=1S/C22H13Cl2N3O6S/c23-16-10-17(24)12-18(11-16)26-22(28)15(13-25)9-14-1-5-20(6-2-14)33-34(31,32)21-7-3-19(4-8-21)27(29)30/h1-12H,(H,26,28). The smallest absolute Gasteiger partial charge is 0.339 e. The number of amides is 1. The van der Waals surface area contributed by atoms with Crippen LogP contribution in [0.25, 0.3) is 6.08 Å². The van der Waals surface area contributed by atoms with Crippen LogP contribution in [0, 0.1) is 21.4 Å². The second kappa shape index (κ2) is 10.4. The van der Waals surface area contributed by atoms with Crippen molar-refractivity contribution in [2.24, 2.45) is 0 Å². The van der Waals surface area contributed by atoms with E-state index in [0.717, 1.165) is 24.3 Å². The Bertz CT molecular complexity index is 1410. The number of nitro benzene ring substituents is 1. The number of anilines is 1. The Morgan fingerprint density at radius 3 is 2.15 bits per heavy atom. The van der Waals surface area contributed by atoms with Gasteiger partial charge in [0.25, 0.3) is 11.6 Å². The number of carbonyl (C=O) groups excluding carboxylic acids is 1. The van der Waals surface area contributed by atoms with Gasteiger partial charge in [-0.15, -0.1) is 0 Å². The molecule has 1 N–H and O–H groups in total. The van der Waals surface area contributed by atoms with Gasteiger partial charge in [-0.1, -0.05) is 35.3 Å². The molecule has 1 amide bonds. The monoisotopic (exact) mass is 517 g/mol. The molecule has 0 atom stereocenters. The fourth-order valence-electron chi connectivity index (χ4n) is 2.67. The minimum absolute atomic E-state index is 0.0352. The Labute approximate surface area is 204 Å². The molecule has 0 spiro atoms. The number of hydrogen-bond acceptors (Lipinski definition) is 7. The third-order valence-electron chi connectivity index (χ3n) is 4.22. The minimum atomic E-state index is -4.23. The highest BCUT2D eigenvalue weighted by molar-refractivity contribution is 7.87. The van der Waals surface area contributed by atoms with Gasteiger partial charge in [-0.05, 0) is 54.1 Å². The number of rotatable bonds is 7. The Hall–Kier alpha value is -3.91. The number of benzene rings is 3. The number of non-ortho nitro benzene ring substituents is 1. The lowest BCUT2D eigenvalue weighted by Crippen LogP contribution is -2.13. The molecular formula is C22H13Cl2N3O6S. The van der Waals surface area contributed by atoms with E-state index in [1.807, 2.05) is 0 Å². The van der Waals surface area contributed by atoms with E-state index in [0.29, 0.717) is 21.3 Å². The highest BCUT2D eigenvalue weighted by Gasteiger charge is 2.18. The van der Waals surface area contributed by atoms with Crippen LogP contribution in [0.5, 0.6) is 5.75 Å². The van der Waals surface area contributed by atoms with Crippen molar-refractivity contribution in [1.29, 1.82) is 5.26 Å². The summed E-state index contributed by atoms with van der Waals surface area (Å²) in [6.07, 6.45) is 1.30. The maximum absolute atomic E-state index is 12.4. The zero-order valence-corrected chi connectivity index (χ0v) is 19.3. The molecule has 0 aliphatic carbocycles. The molecule has 0 radical (unpaired) electrons. The van der Waals surface area contributed by atoms with Crippen molar-refractivity contribution in [1.82, 2.24) is 0 Å². The zero-order chi connectivity index (χ0) is 24.9. The highest BCUT2D eigenvalue weighted by Crippen LogP contribution is 2.24. The van der Waals surface area contributed by atoms with Crippen LogP contribution >= 0.6 is 23.2 Å². The number of nitriles is 1. The van der Waals surface area contributed by atoms with Gasteiger partial charge in [0, 0.05) is 27.9 Å². The predicted molar refractivity (Wildman–Crippen MR) is 126 cm³/mol. The number of carbonyl (C=O) groups is 1. The van der Waals surface area contributed by atoms with Crippen molar-refractivity contribution in [3.8, 4) is 11.8 Å². The average molecular weight is 518 g/mol. The minimum Gasteiger partial charge on any atom is -0.379 e. The molecule has 0 bridgehead atoms. The number of nitrogens with one attached hydrogen (secondary N) is 1. The molecule has 172 valence electrons. The van der Waals surface area contributed by atoms with Crippen LogP contribution in [0.4, 0.5) is 11.4 Å². The lowest BCUT2D eigenvalue weighted by Gasteiger charge is -2.08. The fraction of sp³-hybridized carbons (Fsp3) is 0. The average Bonchev–Trinajstić information content (AvgIpc) is 2.77. The van der Waals surface area contributed by atoms with E-state index in [-0.39, 0.29) is 21.9 Å². The quantitative estimate of drug-likeness (QED) is 0.149. The highest BCUT2D eigenvalue weighted by atomic mass is 35.5. The number of hydrogen-bond donors (Lipinski definition) is 1. The zero-order valence-electron chi connectivity index (χ0n) is 16.9. The number of halogens is 2. The lowest BCUT2D eigenvalue weighted by atomic mass is 10.1. The number of nitrogens with zero attached hydrogens (tertiary/aromatic N) is 2. The number of nitro groups is 1. The van der Waals surface area contributed by atoms with Crippen LogP contribution in [0.3, 0.4) is 0 Å². The molecule has 9 nitrogen and oxygen atoms in total. The van der Waals surface area contributed by atoms with Crippen LogP contribution in [-0.2, 0) is 14.9 Å². The van der Waals surface area contributed by atoms with Gasteiger partial charge in [-0.3, -0.25) is 14.9 Å². The van der Waals surface area contributed by atoms with Crippen molar-refractivity contribution in [2.75, 3.05) is 5.32 Å². The summed E-state index contributed by atoms with van der Waals surface area (Å²) in [4.78, 5) is 22.2. The first kappa shape index (κ1) is 24.7. The molecule has 0 saturated heterocycles. The predicted octanol–water partition coefficient (Wildman–Crippen LogP) is 5.21. The van der Waals surface area contributed by atoms with Crippen molar-refractivity contribution >= 4 is 56.7 Å². The van der Waals surface area contributed by atoms with E-state index in [4.69, 9.17) is 27.4 Å². The van der Waals surface area contributed by atoms with Gasteiger partial charge < -0.3 is 9.50 Å². The molecule has 3 aromatic carbocycles. The van der Waals surface area contributed by atoms with Crippen LogP contribution in [0.1, 0.15) is 5.56 Å². The molecule has 3 rings (SSSR count). The van der Waals surface area contributed by atoms with E-state index in [2.05, 4.69) is 5.32 Å². The van der Waals surface area contributed by atoms with Crippen molar-refractivity contribution in [2.45, 2.75) is 4.90 Å². The first-order valence-corrected chi connectivity index (χ1v) is 11.4. The summed E-state index contributed by atoms with van der Waals surface area (Å²) in [6, 6.07) is 16.0. The van der Waals surface area contributed by atoms with Crippen LogP contribution in [0.2, 0.25) is 10.0 Å². The summed E-state index contributed by atoms with van der Waals surface area (Å²) in [7, 11) is -4.23. The fourth-order valence-corrected chi connectivity index (χ4v) is 4.12. The Balaban J connectivity index is 1.73. The molecule has 3 aromatic rings. The van der Waals surface area contributed by atoms with Gasteiger partial charge in [-0.2, -0.15) is 13.7 Å². The van der Waals surface area contributed by atoms with Gasteiger partial charge in [0.15, 0.2) is 0 Å². The van der Waals surface area contributed by atoms with Crippen LogP contribution in [0.15, 0.2) is 77.2 Å². The third kappa shape index (κ3) is 6.32. The van der Waals surface area contributed by atoms with E-state index in [1.54, 1.807) is 6.07 Å². The Kier molecular flexibility index (Phi) is 7.53. The van der Waals surface area contributed by atoms with Crippen molar-refractivity contribution in [3.63, 3.8) is 0 Å². The van der Waals surface area contributed by atoms with E-state index >= 15 is 0 Å². The normalized spacial score (nSPS) is 11.4. The molecular weight excluding hydrogens is 505 g/mol. The molecule has 0 unspecified atom stereocenters. The van der Waals surface area contributed by atoms with Crippen LogP contribution < -0.4 is 9.50 Å². The molecule has 0 aliphatic rings. The first-order valence-electron chi connectivity index (χ1n) is 9.25. The van der Waals surface area contributed by atoms with Crippen molar-refractivity contribution < 1.29 is 22.3 Å². The summed E-state index contributed by atoms with van der Waals surface area (Å²) >= 11 is 11.8. The second-order valence-electron chi connectivity index (χ2n) is 6.64. The van der Waals surface area contributed by atoms with Crippen molar-refractivity contribution in [3.05, 3.63) is 98.0 Å². The molecule has 0 aromatic heterocycles. The second-order valence-corrected chi connectivity index (χ2v) is 9.06. The molecule has 0 fully saturated rings. The summed E-state index contributed by atoms with van der Waals surface area (Å²) in [5.74, 6) is -0.728. The summed E-state index contributed by atoms with van der Waals surface area (Å²) in [5.41, 5.74) is 0.258. The van der Waals surface area contributed by atoms with E-state index < -0.39 is 20.9 Å². The molecule has 0 heterocycles. The largest absolute Gasteiger partial charge is 0.379 e. The van der Waals surface area contributed by atoms with Gasteiger partial charge in [0.2, 0.25) is 0 Å². The van der Waals surface area contributed by atoms with E-state index in [1.165, 1.54) is 48.5 Å². The Morgan fingerprint density at radius 1 is 1.03 bits per heavy atom. The SMILES string of the molecule is N#CC(=Cc1ccc(OS(=O)(=O)c2ccc([N+](=O)[O-])cc2)cc1)C(=O)Nc1cc(Cl)cc(Cl)c1. The van der Waals surface area contributed by atoms with Gasteiger partial charge in [0.1, 0.15) is 22.3 Å². The molecule has 12 heteroatoms. The molecule has 0 saturated carbocycles. The summed E-state index contributed by atoms with van der Waals surface area (Å²) in [5, 5.41) is 23.2. The summed E-state index contributed by atoms with van der Waals surface area (Å²) < 4.78 is 29.8.